The predicted molar refractivity (Wildman–Crippen MR) is 96.3 cm³/mol. The summed E-state index contributed by atoms with van der Waals surface area (Å²) in [4.78, 5) is 0. The molecule has 2 heteroatoms. The Hall–Kier alpha value is -0.860. The molecule has 0 saturated heterocycles. The molecule has 0 aliphatic heterocycles. The summed E-state index contributed by atoms with van der Waals surface area (Å²) in [5.41, 5.74) is 5.14. The minimum absolute atomic E-state index is 0.957. The molecular formula is C18H18Br2. The molecule has 0 fully saturated rings. The number of aryl methyl sites for hydroxylation is 1. The quantitative estimate of drug-likeness (QED) is 0.524. The van der Waals surface area contributed by atoms with Crippen molar-refractivity contribution in [3.05, 3.63) is 63.0 Å². The summed E-state index contributed by atoms with van der Waals surface area (Å²) in [5.74, 6) is 0. The fourth-order valence-corrected chi connectivity index (χ4v) is 2.67. The molecule has 104 valence electrons. The molecule has 0 unspecified atom stereocenters. The van der Waals surface area contributed by atoms with Crippen molar-refractivity contribution in [2.24, 2.45) is 0 Å². The Kier molecular flexibility index (Phi) is 6.06. The molecule has 2 aromatic rings. The molecule has 0 nitrogen and oxygen atoms in total. The Bertz CT molecular complexity index is 561. The lowest BCUT2D eigenvalue weighted by molar-refractivity contribution is 0.795. The van der Waals surface area contributed by atoms with Gasteiger partial charge in [0.15, 0.2) is 0 Å². The van der Waals surface area contributed by atoms with Crippen LogP contribution in [0.1, 0.15) is 30.9 Å². The van der Waals surface area contributed by atoms with E-state index in [9.17, 15) is 0 Å². The first-order valence-electron chi connectivity index (χ1n) is 6.91. The second-order valence-electron chi connectivity index (χ2n) is 4.86. The topological polar surface area (TPSA) is 0 Å². The molecule has 0 atom stereocenters. The summed E-state index contributed by atoms with van der Waals surface area (Å²) in [5, 5.41) is 0. The van der Waals surface area contributed by atoms with E-state index in [0.29, 0.717) is 0 Å². The smallest absolute Gasteiger partial charge is 0.0610 e. The summed E-state index contributed by atoms with van der Waals surface area (Å²) in [7, 11) is 0. The van der Waals surface area contributed by atoms with Crippen molar-refractivity contribution in [2.75, 3.05) is 0 Å². The van der Waals surface area contributed by atoms with Crippen molar-refractivity contribution in [1.82, 2.24) is 0 Å². The summed E-state index contributed by atoms with van der Waals surface area (Å²) < 4.78 is 0.957. The van der Waals surface area contributed by atoms with Crippen molar-refractivity contribution in [2.45, 2.75) is 26.2 Å². The summed E-state index contributed by atoms with van der Waals surface area (Å²) in [6, 6.07) is 17.5. The van der Waals surface area contributed by atoms with Crippen LogP contribution in [0.3, 0.4) is 0 Å². The third-order valence-corrected chi connectivity index (χ3v) is 3.75. The van der Waals surface area contributed by atoms with E-state index in [1.54, 1.807) is 0 Å². The van der Waals surface area contributed by atoms with E-state index < -0.39 is 0 Å². The zero-order valence-corrected chi connectivity index (χ0v) is 14.7. The van der Waals surface area contributed by atoms with Crippen molar-refractivity contribution in [3.8, 4) is 11.1 Å². The highest BCUT2D eigenvalue weighted by Crippen LogP contribution is 2.23. The van der Waals surface area contributed by atoms with Crippen LogP contribution in [0.4, 0.5) is 0 Å². The van der Waals surface area contributed by atoms with Crippen LogP contribution in [0.2, 0.25) is 0 Å². The minimum atomic E-state index is 0.957. The third-order valence-electron chi connectivity index (χ3n) is 3.29. The van der Waals surface area contributed by atoms with E-state index in [-0.39, 0.29) is 0 Å². The van der Waals surface area contributed by atoms with Crippen LogP contribution < -0.4 is 0 Å². The zero-order valence-electron chi connectivity index (χ0n) is 11.6. The standard InChI is InChI=1S/C18H18Br2/c1-2-3-4-14-5-9-16(10-6-14)17-11-7-15(8-12-17)13-18(19)20/h5-13H,2-4H2,1H3. The molecular weight excluding hydrogens is 376 g/mol. The molecule has 0 amide bonds. The molecule has 0 bridgehead atoms. The molecule has 0 aliphatic carbocycles. The average Bonchev–Trinajstić information content (AvgIpc) is 2.46. The monoisotopic (exact) mass is 392 g/mol. The predicted octanol–water partition coefficient (Wildman–Crippen LogP) is 6.78. The Morgan fingerprint density at radius 1 is 0.900 bits per heavy atom. The van der Waals surface area contributed by atoms with Crippen molar-refractivity contribution in [1.29, 1.82) is 0 Å². The number of hydrogen-bond acceptors (Lipinski definition) is 0. The van der Waals surface area contributed by atoms with Gasteiger partial charge in [0.2, 0.25) is 0 Å². The van der Waals surface area contributed by atoms with Gasteiger partial charge in [-0.3, -0.25) is 0 Å². The van der Waals surface area contributed by atoms with Gasteiger partial charge in [0.1, 0.15) is 0 Å². The van der Waals surface area contributed by atoms with Gasteiger partial charge >= 0.3 is 0 Å². The van der Waals surface area contributed by atoms with E-state index in [1.165, 1.54) is 41.5 Å². The Morgan fingerprint density at radius 3 is 1.95 bits per heavy atom. The number of benzene rings is 2. The fraction of sp³-hybridized carbons (Fsp3) is 0.222. The maximum absolute atomic E-state index is 3.38. The lowest BCUT2D eigenvalue weighted by Crippen LogP contribution is -1.85. The summed E-state index contributed by atoms with van der Waals surface area (Å²) in [6.07, 6.45) is 5.74. The van der Waals surface area contributed by atoms with E-state index in [4.69, 9.17) is 0 Å². The van der Waals surface area contributed by atoms with Gasteiger partial charge in [0.25, 0.3) is 0 Å². The second-order valence-corrected chi connectivity index (χ2v) is 7.63. The lowest BCUT2D eigenvalue weighted by atomic mass is 10.0. The van der Waals surface area contributed by atoms with Gasteiger partial charge in [-0.05, 0) is 73.0 Å². The van der Waals surface area contributed by atoms with Gasteiger partial charge in [-0.2, -0.15) is 0 Å². The van der Waals surface area contributed by atoms with Crippen LogP contribution >= 0.6 is 31.9 Å². The maximum Gasteiger partial charge on any atom is 0.0610 e. The van der Waals surface area contributed by atoms with E-state index in [0.717, 1.165) is 3.39 Å². The van der Waals surface area contributed by atoms with Crippen LogP contribution in [-0.4, -0.2) is 0 Å². The van der Waals surface area contributed by atoms with Gasteiger partial charge < -0.3 is 0 Å². The Labute approximate surface area is 138 Å². The Balaban J connectivity index is 2.13. The number of unbranched alkanes of at least 4 members (excludes halogenated alkanes) is 1. The molecule has 0 aliphatic rings. The van der Waals surface area contributed by atoms with Crippen molar-refractivity contribution in [3.63, 3.8) is 0 Å². The molecule has 0 saturated carbocycles. The first-order chi connectivity index (χ1) is 9.69. The van der Waals surface area contributed by atoms with Gasteiger partial charge in [0.05, 0.1) is 3.39 Å². The van der Waals surface area contributed by atoms with Crippen LogP contribution in [0.5, 0.6) is 0 Å². The highest BCUT2D eigenvalue weighted by Gasteiger charge is 1.99. The van der Waals surface area contributed by atoms with E-state index in [2.05, 4.69) is 87.3 Å². The molecule has 0 N–H and O–H groups in total. The fourth-order valence-electron chi connectivity index (χ4n) is 2.14. The summed E-state index contributed by atoms with van der Waals surface area (Å²) in [6.45, 7) is 2.23. The minimum Gasteiger partial charge on any atom is -0.0654 e. The van der Waals surface area contributed by atoms with Crippen LogP contribution in [-0.2, 0) is 6.42 Å². The molecule has 0 spiro atoms. The molecule has 0 radical (unpaired) electrons. The average molecular weight is 394 g/mol. The molecule has 20 heavy (non-hydrogen) atoms. The van der Waals surface area contributed by atoms with Crippen LogP contribution in [0.25, 0.3) is 17.2 Å². The largest absolute Gasteiger partial charge is 0.0654 e. The van der Waals surface area contributed by atoms with Crippen LogP contribution in [0.15, 0.2) is 51.9 Å². The molecule has 2 aromatic carbocycles. The van der Waals surface area contributed by atoms with Crippen molar-refractivity contribution < 1.29 is 0 Å². The second kappa shape index (κ2) is 7.80. The lowest BCUT2D eigenvalue weighted by Gasteiger charge is -2.05. The SMILES string of the molecule is CCCCc1ccc(-c2ccc(C=C(Br)Br)cc2)cc1. The zero-order chi connectivity index (χ0) is 14.4. The molecule has 0 heterocycles. The molecule has 0 aromatic heterocycles. The summed E-state index contributed by atoms with van der Waals surface area (Å²) >= 11 is 6.76. The first kappa shape index (κ1) is 15.5. The maximum atomic E-state index is 3.38. The Morgan fingerprint density at radius 2 is 1.45 bits per heavy atom. The van der Waals surface area contributed by atoms with Crippen molar-refractivity contribution >= 4 is 37.9 Å². The first-order valence-corrected chi connectivity index (χ1v) is 8.49. The van der Waals surface area contributed by atoms with Crippen LogP contribution in [0, 0.1) is 0 Å². The third kappa shape index (κ3) is 4.60. The van der Waals surface area contributed by atoms with E-state index >= 15 is 0 Å². The highest BCUT2D eigenvalue weighted by molar-refractivity contribution is 9.28. The van der Waals surface area contributed by atoms with Gasteiger partial charge in [-0.25, -0.2) is 0 Å². The molecule has 2 rings (SSSR count). The van der Waals surface area contributed by atoms with Gasteiger partial charge in [-0.15, -0.1) is 0 Å². The highest BCUT2D eigenvalue weighted by atomic mass is 79.9. The van der Waals surface area contributed by atoms with Gasteiger partial charge in [-0.1, -0.05) is 61.9 Å². The number of hydrogen-bond donors (Lipinski definition) is 0. The van der Waals surface area contributed by atoms with Gasteiger partial charge in [0, 0.05) is 0 Å². The number of halogens is 2. The normalized spacial score (nSPS) is 10.3. The number of rotatable bonds is 5. The van der Waals surface area contributed by atoms with E-state index in [1.807, 2.05) is 6.08 Å².